The highest BCUT2D eigenvalue weighted by Crippen LogP contribution is 2.33. The third kappa shape index (κ3) is 3.45. The van der Waals surface area contributed by atoms with Crippen molar-refractivity contribution in [3.8, 4) is 0 Å². The molecule has 142 valence electrons. The normalized spacial score (nSPS) is 13.1. The third-order valence-corrected chi connectivity index (χ3v) is 6.03. The fourth-order valence-corrected chi connectivity index (χ4v) is 4.55. The molecule has 0 atom stereocenters. The molecule has 5 aromatic carbocycles. The van der Waals surface area contributed by atoms with Crippen LogP contribution in [-0.2, 0) is 12.8 Å². The highest BCUT2D eigenvalue weighted by atomic mass is 14.5. The summed E-state index contributed by atoms with van der Waals surface area (Å²) in [6, 6.07) is 32.1. The average Bonchev–Trinajstić information content (AvgIpc) is 2.79. The van der Waals surface area contributed by atoms with Gasteiger partial charge in [0.2, 0.25) is 0 Å². The number of fused-ring (bicyclic) bond motifs is 6. The van der Waals surface area contributed by atoms with Crippen molar-refractivity contribution in [1.29, 1.82) is 0 Å². The van der Waals surface area contributed by atoms with Gasteiger partial charge < -0.3 is 5.73 Å². The Kier molecular flexibility index (Phi) is 4.65. The lowest BCUT2D eigenvalue weighted by Gasteiger charge is -2.18. The SMILES string of the molecule is Nc1ccc2ccccc2c1.c1ccc2c(c1)ccc1c3c(ccc12)CCCC3. The van der Waals surface area contributed by atoms with Crippen LogP contribution in [0.4, 0.5) is 5.69 Å². The number of hydrogen-bond acceptors (Lipinski definition) is 1. The van der Waals surface area contributed by atoms with E-state index in [9.17, 15) is 0 Å². The van der Waals surface area contributed by atoms with Gasteiger partial charge in [-0.2, -0.15) is 0 Å². The first-order chi connectivity index (χ1) is 14.3. The molecule has 0 spiro atoms. The smallest absolute Gasteiger partial charge is 0.0320 e. The topological polar surface area (TPSA) is 26.0 Å². The van der Waals surface area contributed by atoms with Gasteiger partial charge in [-0.3, -0.25) is 0 Å². The molecule has 0 radical (unpaired) electrons. The van der Waals surface area contributed by atoms with Crippen LogP contribution in [-0.4, -0.2) is 0 Å². The summed E-state index contributed by atoms with van der Waals surface area (Å²) in [5, 5.41) is 8.08. The van der Waals surface area contributed by atoms with E-state index < -0.39 is 0 Å². The Morgan fingerprint density at radius 1 is 0.517 bits per heavy atom. The van der Waals surface area contributed by atoms with Gasteiger partial charge in [0, 0.05) is 5.69 Å². The van der Waals surface area contributed by atoms with E-state index in [-0.39, 0.29) is 0 Å². The maximum atomic E-state index is 5.62. The van der Waals surface area contributed by atoms with E-state index in [1.54, 1.807) is 11.1 Å². The number of nitrogen functional groups attached to an aromatic ring is 1. The van der Waals surface area contributed by atoms with Gasteiger partial charge in [0.25, 0.3) is 0 Å². The summed E-state index contributed by atoms with van der Waals surface area (Å²) in [6.45, 7) is 0. The molecule has 1 aliphatic rings. The summed E-state index contributed by atoms with van der Waals surface area (Å²) in [5.41, 5.74) is 9.62. The van der Waals surface area contributed by atoms with Gasteiger partial charge in [0.1, 0.15) is 0 Å². The molecular formula is C28H25N. The fourth-order valence-electron chi connectivity index (χ4n) is 4.55. The summed E-state index contributed by atoms with van der Waals surface area (Å²) < 4.78 is 0. The highest BCUT2D eigenvalue weighted by Gasteiger charge is 2.13. The molecular weight excluding hydrogens is 350 g/mol. The van der Waals surface area contributed by atoms with Crippen molar-refractivity contribution in [2.45, 2.75) is 25.7 Å². The first-order valence-electron chi connectivity index (χ1n) is 10.5. The Bertz CT molecular complexity index is 1320. The van der Waals surface area contributed by atoms with Gasteiger partial charge >= 0.3 is 0 Å². The minimum Gasteiger partial charge on any atom is -0.399 e. The quantitative estimate of drug-likeness (QED) is 0.223. The fraction of sp³-hybridized carbons (Fsp3) is 0.143. The van der Waals surface area contributed by atoms with Gasteiger partial charge in [-0.25, -0.2) is 0 Å². The van der Waals surface area contributed by atoms with E-state index in [0.29, 0.717) is 0 Å². The Morgan fingerprint density at radius 3 is 2.10 bits per heavy atom. The predicted molar refractivity (Wildman–Crippen MR) is 126 cm³/mol. The van der Waals surface area contributed by atoms with Crippen LogP contribution in [0.15, 0.2) is 91.0 Å². The number of rotatable bonds is 0. The number of nitrogens with two attached hydrogens (primary N) is 1. The standard InChI is InChI=1S/C18H16.C10H9N/c1-3-7-15-13(5-1)9-11-18-16-8-4-2-6-14(16)10-12-17(15)18;11-10-6-5-8-3-1-2-4-9(8)7-10/h1,3,5,7,9-12H,2,4,6,8H2;1-7H,11H2. The Morgan fingerprint density at radius 2 is 1.21 bits per heavy atom. The average molecular weight is 376 g/mol. The molecule has 0 saturated carbocycles. The first kappa shape index (κ1) is 17.8. The Balaban J connectivity index is 0.000000142. The zero-order valence-corrected chi connectivity index (χ0v) is 16.6. The van der Waals surface area contributed by atoms with Crippen LogP contribution in [0.3, 0.4) is 0 Å². The van der Waals surface area contributed by atoms with Gasteiger partial charge in [0.05, 0.1) is 0 Å². The van der Waals surface area contributed by atoms with Gasteiger partial charge in [-0.1, -0.05) is 78.9 Å². The molecule has 0 heterocycles. The second kappa shape index (κ2) is 7.60. The maximum absolute atomic E-state index is 5.62. The molecule has 29 heavy (non-hydrogen) atoms. The summed E-state index contributed by atoms with van der Waals surface area (Å²) >= 11 is 0. The molecule has 0 aromatic heterocycles. The van der Waals surface area contributed by atoms with E-state index in [4.69, 9.17) is 5.73 Å². The number of anilines is 1. The maximum Gasteiger partial charge on any atom is 0.0320 e. The summed E-state index contributed by atoms with van der Waals surface area (Å²) in [7, 11) is 0. The second-order valence-corrected chi connectivity index (χ2v) is 7.90. The van der Waals surface area contributed by atoms with E-state index >= 15 is 0 Å². The Hall–Kier alpha value is -3.32. The van der Waals surface area contributed by atoms with Crippen LogP contribution < -0.4 is 5.73 Å². The monoisotopic (exact) mass is 375 g/mol. The van der Waals surface area contributed by atoms with Crippen LogP contribution in [0.1, 0.15) is 24.0 Å². The van der Waals surface area contributed by atoms with Crippen molar-refractivity contribution < 1.29 is 0 Å². The number of hydrogen-bond donors (Lipinski definition) is 1. The van der Waals surface area contributed by atoms with Crippen molar-refractivity contribution in [2.24, 2.45) is 0 Å². The molecule has 1 aliphatic carbocycles. The van der Waals surface area contributed by atoms with E-state index in [1.807, 2.05) is 30.3 Å². The van der Waals surface area contributed by atoms with Crippen molar-refractivity contribution in [2.75, 3.05) is 5.73 Å². The van der Waals surface area contributed by atoms with E-state index in [0.717, 1.165) is 5.69 Å². The van der Waals surface area contributed by atoms with E-state index in [1.165, 1.54) is 58.0 Å². The molecule has 0 bridgehead atoms. The lowest BCUT2D eigenvalue weighted by molar-refractivity contribution is 0.690. The largest absolute Gasteiger partial charge is 0.399 e. The molecule has 5 aromatic rings. The first-order valence-corrected chi connectivity index (χ1v) is 10.5. The lowest BCUT2D eigenvalue weighted by Crippen LogP contribution is -2.02. The van der Waals surface area contributed by atoms with Crippen molar-refractivity contribution in [3.63, 3.8) is 0 Å². The molecule has 1 heteroatoms. The summed E-state index contributed by atoms with van der Waals surface area (Å²) in [4.78, 5) is 0. The van der Waals surface area contributed by atoms with Crippen LogP contribution in [0.5, 0.6) is 0 Å². The van der Waals surface area contributed by atoms with Gasteiger partial charge in [0.15, 0.2) is 0 Å². The van der Waals surface area contributed by atoms with Gasteiger partial charge in [-0.15, -0.1) is 0 Å². The van der Waals surface area contributed by atoms with Crippen molar-refractivity contribution in [1.82, 2.24) is 0 Å². The molecule has 0 fully saturated rings. The minimum atomic E-state index is 0.823. The molecule has 6 rings (SSSR count). The van der Waals surface area contributed by atoms with E-state index in [2.05, 4.69) is 60.7 Å². The zero-order chi connectivity index (χ0) is 19.6. The minimum absolute atomic E-state index is 0.823. The lowest BCUT2D eigenvalue weighted by atomic mass is 9.86. The van der Waals surface area contributed by atoms with Crippen molar-refractivity contribution in [3.05, 3.63) is 102 Å². The highest BCUT2D eigenvalue weighted by molar-refractivity contribution is 6.08. The number of benzene rings is 5. The summed E-state index contributed by atoms with van der Waals surface area (Å²) in [6.07, 6.45) is 5.22. The van der Waals surface area contributed by atoms with Crippen LogP contribution in [0, 0.1) is 0 Å². The molecule has 1 nitrogen and oxygen atoms in total. The van der Waals surface area contributed by atoms with Gasteiger partial charge in [-0.05, 0) is 81.3 Å². The molecule has 0 saturated heterocycles. The number of aryl methyl sites for hydroxylation is 2. The van der Waals surface area contributed by atoms with Crippen molar-refractivity contribution >= 4 is 38.0 Å². The molecule has 0 amide bonds. The third-order valence-electron chi connectivity index (χ3n) is 6.03. The van der Waals surface area contributed by atoms with Crippen LogP contribution in [0.25, 0.3) is 32.3 Å². The Labute approximate surface area is 171 Å². The molecule has 0 unspecified atom stereocenters. The second-order valence-electron chi connectivity index (χ2n) is 7.90. The molecule has 2 N–H and O–H groups in total. The summed E-state index contributed by atoms with van der Waals surface area (Å²) in [5.74, 6) is 0. The van der Waals surface area contributed by atoms with Crippen LogP contribution in [0.2, 0.25) is 0 Å². The predicted octanol–water partition coefficient (Wildman–Crippen LogP) is 7.29. The van der Waals surface area contributed by atoms with Crippen LogP contribution >= 0.6 is 0 Å². The molecule has 0 aliphatic heterocycles. The zero-order valence-electron chi connectivity index (χ0n) is 16.6.